The number of hydrogen-bond donors (Lipinski definition) is 0. The Hall–Kier alpha value is -4.83. The summed E-state index contributed by atoms with van der Waals surface area (Å²) in [7, 11) is 0. The minimum atomic E-state index is 0.842. The molecule has 0 saturated heterocycles. The quantitative estimate of drug-likeness (QED) is 0.273. The lowest BCUT2D eigenvalue weighted by molar-refractivity contribution is 0.616. The Morgan fingerprint density at radius 1 is 0.629 bits per heavy atom. The summed E-state index contributed by atoms with van der Waals surface area (Å²) in [5.41, 5.74) is 8.35. The number of furan rings is 1. The number of benzene rings is 4. The fraction of sp³-hybridized carbons (Fsp3) is 0. The van der Waals surface area contributed by atoms with Crippen molar-refractivity contribution >= 4 is 22.0 Å². The first kappa shape index (κ1) is 19.6. The third-order valence-electron chi connectivity index (χ3n) is 6.49. The summed E-state index contributed by atoms with van der Waals surface area (Å²) in [6.45, 7) is 0. The first-order valence-corrected chi connectivity index (χ1v) is 11.6. The molecule has 0 unspecified atom stereocenters. The van der Waals surface area contributed by atoms with E-state index in [0.29, 0.717) is 0 Å². The van der Waals surface area contributed by atoms with Gasteiger partial charge in [0.2, 0.25) is 0 Å². The molecule has 4 aromatic carbocycles. The van der Waals surface area contributed by atoms with Crippen LogP contribution in [-0.4, -0.2) is 14.1 Å². The van der Waals surface area contributed by atoms with Gasteiger partial charge in [-0.05, 0) is 65.7 Å². The molecule has 0 fully saturated rings. The van der Waals surface area contributed by atoms with Crippen LogP contribution in [0.5, 0.6) is 0 Å². The van der Waals surface area contributed by atoms with Crippen LogP contribution in [0.1, 0.15) is 0 Å². The summed E-state index contributed by atoms with van der Waals surface area (Å²) < 4.78 is 10.3. The van der Waals surface area contributed by atoms with E-state index in [9.17, 15) is 0 Å². The van der Waals surface area contributed by atoms with Crippen LogP contribution < -0.4 is 0 Å². The highest BCUT2D eigenvalue weighted by atomic mass is 16.3. The fourth-order valence-electron chi connectivity index (χ4n) is 4.76. The fourth-order valence-corrected chi connectivity index (χ4v) is 4.76. The molecule has 35 heavy (non-hydrogen) atoms. The number of aromatic nitrogens is 3. The first-order valence-electron chi connectivity index (χ1n) is 11.6. The smallest absolute Gasteiger partial charge is 0.149 e. The van der Waals surface area contributed by atoms with Crippen molar-refractivity contribution in [3.63, 3.8) is 0 Å². The normalized spacial score (nSPS) is 11.4. The maximum absolute atomic E-state index is 5.98. The van der Waals surface area contributed by atoms with Crippen molar-refractivity contribution in [1.29, 1.82) is 0 Å². The highest BCUT2D eigenvalue weighted by molar-refractivity contribution is 5.96. The molecule has 3 aromatic heterocycles. The molecule has 4 nitrogen and oxygen atoms in total. The van der Waals surface area contributed by atoms with E-state index >= 15 is 0 Å². The van der Waals surface area contributed by atoms with Crippen molar-refractivity contribution < 1.29 is 4.42 Å². The van der Waals surface area contributed by atoms with Gasteiger partial charge in [0.15, 0.2) is 0 Å². The van der Waals surface area contributed by atoms with Gasteiger partial charge in [-0.25, -0.2) is 4.98 Å². The molecule has 0 aliphatic carbocycles. The average Bonchev–Trinajstić information content (AvgIpc) is 3.67. The molecule has 166 valence electrons. The minimum Gasteiger partial charge on any atom is -0.464 e. The largest absolute Gasteiger partial charge is 0.464 e. The van der Waals surface area contributed by atoms with E-state index in [1.807, 2.05) is 49.0 Å². The summed E-state index contributed by atoms with van der Waals surface area (Å²) in [6.07, 6.45) is 5.91. The number of rotatable bonds is 4. The van der Waals surface area contributed by atoms with Gasteiger partial charge in [-0.3, -0.25) is 4.57 Å². The molecular formula is C31H21N3O. The molecule has 3 heterocycles. The zero-order valence-corrected chi connectivity index (χ0v) is 18.9. The SMILES string of the molecule is c1ccc(-c2ccc(-n3c(-c4coc5ccc(-n6cccc6)cc45)nc4ccccc43)cc2)cc1. The molecule has 0 atom stereocenters. The van der Waals surface area contributed by atoms with Crippen LogP contribution in [0.15, 0.2) is 132 Å². The summed E-state index contributed by atoms with van der Waals surface area (Å²) in [4.78, 5) is 5.05. The van der Waals surface area contributed by atoms with Gasteiger partial charge in [-0.1, -0.05) is 54.6 Å². The van der Waals surface area contributed by atoms with Crippen molar-refractivity contribution in [1.82, 2.24) is 14.1 Å². The molecule has 7 aromatic rings. The van der Waals surface area contributed by atoms with Gasteiger partial charge in [0.1, 0.15) is 17.7 Å². The number of nitrogens with zero attached hydrogens (tertiary/aromatic N) is 3. The Kier molecular flexibility index (Phi) is 4.42. The van der Waals surface area contributed by atoms with Crippen molar-refractivity contribution in [3.8, 4) is 33.9 Å². The highest BCUT2D eigenvalue weighted by Gasteiger charge is 2.19. The summed E-state index contributed by atoms with van der Waals surface area (Å²) in [6, 6.07) is 37.7. The predicted molar refractivity (Wildman–Crippen MR) is 141 cm³/mol. The number of imidazole rings is 1. The minimum absolute atomic E-state index is 0.842. The highest BCUT2D eigenvalue weighted by Crippen LogP contribution is 2.36. The third kappa shape index (κ3) is 3.27. The maximum Gasteiger partial charge on any atom is 0.149 e. The average molecular weight is 452 g/mol. The third-order valence-corrected chi connectivity index (χ3v) is 6.49. The Bertz CT molecular complexity index is 1770. The van der Waals surface area contributed by atoms with E-state index < -0.39 is 0 Å². The monoisotopic (exact) mass is 451 g/mol. The molecule has 0 saturated carbocycles. The zero-order chi connectivity index (χ0) is 23.2. The van der Waals surface area contributed by atoms with Gasteiger partial charge < -0.3 is 8.98 Å². The molecule has 0 radical (unpaired) electrons. The number of fused-ring (bicyclic) bond motifs is 2. The van der Waals surface area contributed by atoms with E-state index in [2.05, 4.69) is 88.0 Å². The van der Waals surface area contributed by atoms with E-state index in [1.54, 1.807) is 0 Å². The van der Waals surface area contributed by atoms with Gasteiger partial charge in [-0.15, -0.1) is 0 Å². The van der Waals surface area contributed by atoms with Crippen molar-refractivity contribution in [2.45, 2.75) is 0 Å². The van der Waals surface area contributed by atoms with Gasteiger partial charge in [0.25, 0.3) is 0 Å². The molecule has 0 N–H and O–H groups in total. The van der Waals surface area contributed by atoms with Crippen LogP contribution in [0.4, 0.5) is 0 Å². The molecule has 0 aliphatic rings. The topological polar surface area (TPSA) is 35.9 Å². The Labute approximate surface area is 202 Å². The molecule has 0 amide bonds. The molecule has 7 rings (SSSR count). The van der Waals surface area contributed by atoms with Gasteiger partial charge in [0, 0.05) is 29.2 Å². The second-order valence-corrected chi connectivity index (χ2v) is 8.59. The first-order chi connectivity index (χ1) is 17.3. The predicted octanol–water partition coefficient (Wildman–Crippen LogP) is 7.90. The number of hydrogen-bond acceptors (Lipinski definition) is 2. The summed E-state index contributed by atoms with van der Waals surface area (Å²) in [5, 5.41) is 1.04. The van der Waals surface area contributed by atoms with Crippen LogP contribution >= 0.6 is 0 Å². The van der Waals surface area contributed by atoms with E-state index in [0.717, 1.165) is 44.8 Å². The van der Waals surface area contributed by atoms with Crippen molar-refractivity contribution in [3.05, 3.63) is 128 Å². The van der Waals surface area contributed by atoms with Crippen molar-refractivity contribution in [2.75, 3.05) is 0 Å². The van der Waals surface area contributed by atoms with Crippen LogP contribution in [0, 0.1) is 0 Å². The maximum atomic E-state index is 5.98. The van der Waals surface area contributed by atoms with Crippen molar-refractivity contribution in [2.24, 2.45) is 0 Å². The zero-order valence-electron chi connectivity index (χ0n) is 18.9. The van der Waals surface area contributed by atoms with Crippen LogP contribution in [0.2, 0.25) is 0 Å². The van der Waals surface area contributed by atoms with Crippen LogP contribution in [0.25, 0.3) is 55.9 Å². The summed E-state index contributed by atoms with van der Waals surface area (Å²) >= 11 is 0. The van der Waals surface area contributed by atoms with E-state index in [1.165, 1.54) is 11.1 Å². The lowest BCUT2D eigenvalue weighted by Gasteiger charge is -2.10. The molecule has 0 bridgehead atoms. The second-order valence-electron chi connectivity index (χ2n) is 8.59. The van der Waals surface area contributed by atoms with E-state index in [4.69, 9.17) is 9.40 Å². The molecular weight excluding hydrogens is 430 g/mol. The summed E-state index contributed by atoms with van der Waals surface area (Å²) in [5.74, 6) is 0.863. The molecule has 0 spiro atoms. The number of para-hydroxylation sites is 2. The molecule has 4 heteroatoms. The lowest BCUT2D eigenvalue weighted by Crippen LogP contribution is -1.97. The Morgan fingerprint density at radius 3 is 2.17 bits per heavy atom. The Balaban J connectivity index is 1.42. The Morgan fingerprint density at radius 2 is 1.34 bits per heavy atom. The van der Waals surface area contributed by atoms with Gasteiger partial charge in [0.05, 0.1) is 16.6 Å². The van der Waals surface area contributed by atoms with E-state index in [-0.39, 0.29) is 0 Å². The second kappa shape index (κ2) is 7.89. The van der Waals surface area contributed by atoms with Gasteiger partial charge >= 0.3 is 0 Å². The van der Waals surface area contributed by atoms with Crippen LogP contribution in [-0.2, 0) is 0 Å². The van der Waals surface area contributed by atoms with Gasteiger partial charge in [-0.2, -0.15) is 0 Å². The molecule has 0 aliphatic heterocycles. The van der Waals surface area contributed by atoms with Crippen LogP contribution in [0.3, 0.4) is 0 Å². The standard InChI is InChI=1S/C31H21N3O/c1-2-8-22(9-3-1)23-12-14-24(15-13-23)34-29-11-5-4-10-28(29)32-31(34)27-21-35-30-17-16-25(20-26(27)30)33-18-6-7-19-33/h1-21H. The lowest BCUT2D eigenvalue weighted by atomic mass is 10.1.